The average Bonchev–Trinajstić information content (AvgIpc) is 3.07. The Morgan fingerprint density at radius 1 is 1.07 bits per heavy atom. The maximum Gasteiger partial charge on any atom is 0.143 e. The van der Waals surface area contributed by atoms with E-state index in [0.29, 0.717) is 13.0 Å². The van der Waals surface area contributed by atoms with Crippen molar-refractivity contribution in [2.24, 2.45) is 5.16 Å². The standard InChI is InChI=1S/C22H24N2O3/c1-15-9-10-16(2)22(11-15)26-14-18-7-5-6-8-20(18)21(24-25-4)13-19-12-17(3)23-27-19/h5-12H,13-14H2,1-4H3/b24-21+. The van der Waals surface area contributed by atoms with Crippen molar-refractivity contribution >= 4 is 5.71 Å². The van der Waals surface area contributed by atoms with Gasteiger partial charge < -0.3 is 14.1 Å². The zero-order chi connectivity index (χ0) is 19.2. The van der Waals surface area contributed by atoms with E-state index < -0.39 is 0 Å². The lowest BCUT2D eigenvalue weighted by Crippen LogP contribution is -2.11. The highest BCUT2D eigenvalue weighted by molar-refractivity contribution is 6.02. The van der Waals surface area contributed by atoms with Gasteiger partial charge in [-0.2, -0.15) is 0 Å². The number of hydrogen-bond donors (Lipinski definition) is 0. The molecule has 3 rings (SSSR count). The Labute approximate surface area is 159 Å². The summed E-state index contributed by atoms with van der Waals surface area (Å²) in [5, 5.41) is 8.16. The molecular weight excluding hydrogens is 340 g/mol. The Balaban J connectivity index is 1.85. The summed E-state index contributed by atoms with van der Waals surface area (Å²) in [5.41, 5.74) is 5.90. The number of benzene rings is 2. The van der Waals surface area contributed by atoms with Crippen LogP contribution in [0.15, 0.2) is 58.2 Å². The molecule has 5 nitrogen and oxygen atoms in total. The molecule has 0 N–H and O–H groups in total. The van der Waals surface area contributed by atoms with Crippen LogP contribution in [0, 0.1) is 20.8 Å². The first-order valence-electron chi connectivity index (χ1n) is 8.87. The van der Waals surface area contributed by atoms with Crippen LogP contribution in [0.25, 0.3) is 0 Å². The predicted molar refractivity (Wildman–Crippen MR) is 105 cm³/mol. The van der Waals surface area contributed by atoms with Crippen LogP contribution in [-0.2, 0) is 17.9 Å². The first-order chi connectivity index (χ1) is 13.1. The topological polar surface area (TPSA) is 56.9 Å². The van der Waals surface area contributed by atoms with Crippen LogP contribution in [0.5, 0.6) is 5.75 Å². The first kappa shape index (κ1) is 18.7. The van der Waals surface area contributed by atoms with Gasteiger partial charge in [0, 0.05) is 11.6 Å². The Bertz CT molecular complexity index is 944. The highest BCUT2D eigenvalue weighted by Gasteiger charge is 2.14. The van der Waals surface area contributed by atoms with Crippen LogP contribution in [-0.4, -0.2) is 18.0 Å². The normalized spacial score (nSPS) is 11.5. The smallest absolute Gasteiger partial charge is 0.143 e. The molecule has 140 valence electrons. The van der Waals surface area contributed by atoms with Crippen LogP contribution in [0.4, 0.5) is 0 Å². The zero-order valence-electron chi connectivity index (χ0n) is 16.2. The second kappa shape index (κ2) is 8.54. The predicted octanol–water partition coefficient (Wildman–Crippen LogP) is 4.77. The number of hydrogen-bond acceptors (Lipinski definition) is 5. The van der Waals surface area contributed by atoms with Gasteiger partial charge in [0.1, 0.15) is 25.2 Å². The summed E-state index contributed by atoms with van der Waals surface area (Å²) in [6.45, 7) is 6.44. The van der Waals surface area contributed by atoms with Gasteiger partial charge in [0.15, 0.2) is 0 Å². The van der Waals surface area contributed by atoms with E-state index in [1.54, 1.807) is 7.11 Å². The second-order valence-corrected chi connectivity index (χ2v) is 6.55. The fourth-order valence-electron chi connectivity index (χ4n) is 2.90. The maximum atomic E-state index is 6.10. The molecule has 0 radical (unpaired) electrons. The minimum atomic E-state index is 0.443. The van der Waals surface area contributed by atoms with Crippen molar-refractivity contribution in [3.05, 3.63) is 82.2 Å². The van der Waals surface area contributed by atoms with Crippen LogP contribution < -0.4 is 4.74 Å². The van der Waals surface area contributed by atoms with E-state index in [2.05, 4.69) is 35.4 Å². The van der Waals surface area contributed by atoms with Gasteiger partial charge in [-0.25, -0.2) is 0 Å². The summed E-state index contributed by atoms with van der Waals surface area (Å²) in [4.78, 5) is 5.08. The fourth-order valence-corrected chi connectivity index (χ4v) is 2.90. The molecule has 0 fully saturated rings. The van der Waals surface area contributed by atoms with Crippen LogP contribution >= 0.6 is 0 Å². The Morgan fingerprint density at radius 2 is 1.89 bits per heavy atom. The molecule has 0 unspecified atom stereocenters. The van der Waals surface area contributed by atoms with Crippen molar-refractivity contribution in [1.29, 1.82) is 0 Å². The molecule has 0 aliphatic rings. The molecule has 5 heteroatoms. The summed E-state index contributed by atoms with van der Waals surface area (Å²) < 4.78 is 11.4. The van der Waals surface area contributed by atoms with Gasteiger partial charge >= 0.3 is 0 Å². The van der Waals surface area contributed by atoms with E-state index in [-0.39, 0.29) is 0 Å². The van der Waals surface area contributed by atoms with Crippen LogP contribution in [0.3, 0.4) is 0 Å². The number of ether oxygens (including phenoxy) is 1. The van der Waals surface area contributed by atoms with E-state index in [0.717, 1.165) is 39.6 Å². The fraction of sp³-hybridized carbons (Fsp3) is 0.273. The number of nitrogens with zero attached hydrogens (tertiary/aromatic N) is 2. The van der Waals surface area contributed by atoms with Gasteiger partial charge in [0.05, 0.1) is 17.8 Å². The van der Waals surface area contributed by atoms with E-state index in [1.807, 2.05) is 44.2 Å². The second-order valence-electron chi connectivity index (χ2n) is 6.55. The summed E-state index contributed by atoms with van der Waals surface area (Å²) in [5.74, 6) is 1.63. The van der Waals surface area contributed by atoms with Crippen molar-refractivity contribution in [2.75, 3.05) is 7.11 Å². The minimum absolute atomic E-state index is 0.443. The van der Waals surface area contributed by atoms with Crippen molar-refractivity contribution in [3.8, 4) is 5.75 Å². The SMILES string of the molecule is CO/N=C(\Cc1cc(C)no1)c1ccccc1COc1cc(C)ccc1C. The van der Waals surface area contributed by atoms with E-state index in [4.69, 9.17) is 14.1 Å². The first-order valence-corrected chi connectivity index (χ1v) is 8.87. The quantitative estimate of drug-likeness (QED) is 0.447. The van der Waals surface area contributed by atoms with Gasteiger partial charge in [-0.3, -0.25) is 0 Å². The number of aromatic nitrogens is 1. The van der Waals surface area contributed by atoms with Crippen LogP contribution in [0.2, 0.25) is 0 Å². The Kier molecular flexibility index (Phi) is 5.91. The monoisotopic (exact) mass is 364 g/mol. The lowest BCUT2D eigenvalue weighted by atomic mass is 10.0. The molecule has 0 bridgehead atoms. The molecule has 27 heavy (non-hydrogen) atoms. The molecule has 3 aromatic rings. The summed E-state index contributed by atoms with van der Waals surface area (Å²) in [6.07, 6.45) is 0.495. The molecular formula is C22H24N2O3. The number of rotatable bonds is 7. The molecule has 0 saturated heterocycles. The lowest BCUT2D eigenvalue weighted by molar-refractivity contribution is 0.212. The van der Waals surface area contributed by atoms with E-state index in [1.165, 1.54) is 5.56 Å². The maximum absolute atomic E-state index is 6.10. The molecule has 0 atom stereocenters. The Hall–Kier alpha value is -3.08. The molecule has 0 spiro atoms. The summed E-state index contributed by atoms with van der Waals surface area (Å²) in [6, 6.07) is 16.1. The number of aryl methyl sites for hydroxylation is 3. The third kappa shape index (κ3) is 4.76. The van der Waals surface area contributed by atoms with Gasteiger partial charge in [-0.05, 0) is 43.5 Å². The number of oxime groups is 1. The molecule has 0 aliphatic carbocycles. The van der Waals surface area contributed by atoms with Gasteiger partial charge in [0.25, 0.3) is 0 Å². The van der Waals surface area contributed by atoms with Crippen molar-refractivity contribution < 1.29 is 14.1 Å². The zero-order valence-corrected chi connectivity index (χ0v) is 16.2. The molecule has 1 heterocycles. The molecule has 0 saturated carbocycles. The highest BCUT2D eigenvalue weighted by Crippen LogP contribution is 2.22. The van der Waals surface area contributed by atoms with Gasteiger partial charge in [0.2, 0.25) is 0 Å². The molecule has 0 aliphatic heterocycles. The highest BCUT2D eigenvalue weighted by atomic mass is 16.6. The molecule has 2 aromatic carbocycles. The van der Waals surface area contributed by atoms with Crippen molar-refractivity contribution in [2.45, 2.75) is 33.8 Å². The Morgan fingerprint density at radius 3 is 2.63 bits per heavy atom. The lowest BCUT2D eigenvalue weighted by Gasteiger charge is -2.14. The third-order valence-electron chi connectivity index (χ3n) is 4.28. The molecule has 0 amide bonds. The summed E-state index contributed by atoms with van der Waals surface area (Å²) >= 11 is 0. The average molecular weight is 364 g/mol. The van der Waals surface area contributed by atoms with E-state index in [9.17, 15) is 0 Å². The van der Waals surface area contributed by atoms with Crippen molar-refractivity contribution in [3.63, 3.8) is 0 Å². The minimum Gasteiger partial charge on any atom is -0.489 e. The van der Waals surface area contributed by atoms with Gasteiger partial charge in [-0.1, -0.05) is 46.7 Å². The van der Waals surface area contributed by atoms with E-state index >= 15 is 0 Å². The van der Waals surface area contributed by atoms with Crippen molar-refractivity contribution in [1.82, 2.24) is 5.16 Å². The summed E-state index contributed by atoms with van der Waals surface area (Å²) in [7, 11) is 1.54. The van der Waals surface area contributed by atoms with Gasteiger partial charge in [-0.15, -0.1) is 0 Å². The molecule has 1 aromatic heterocycles. The third-order valence-corrected chi connectivity index (χ3v) is 4.28. The largest absolute Gasteiger partial charge is 0.489 e. The van der Waals surface area contributed by atoms with Crippen LogP contribution in [0.1, 0.15) is 33.7 Å².